The number of fused-ring (bicyclic) bond motifs is 1. The summed E-state index contributed by atoms with van der Waals surface area (Å²) in [4.78, 5) is 10.8. The van der Waals surface area contributed by atoms with E-state index in [1.165, 1.54) is 13.1 Å². The number of primary amides is 1. The highest BCUT2D eigenvalue weighted by molar-refractivity contribution is 7.89. The molecule has 19 heavy (non-hydrogen) atoms. The second kappa shape index (κ2) is 4.87. The van der Waals surface area contributed by atoms with Crippen LogP contribution in [0.2, 0.25) is 0 Å². The van der Waals surface area contributed by atoms with E-state index in [1.807, 2.05) is 29.7 Å². The summed E-state index contributed by atoms with van der Waals surface area (Å²) in [7, 11) is -2.59. The van der Waals surface area contributed by atoms with Crippen molar-refractivity contribution in [1.29, 1.82) is 0 Å². The zero-order valence-corrected chi connectivity index (χ0v) is 11.0. The van der Waals surface area contributed by atoms with Gasteiger partial charge in [0, 0.05) is 7.05 Å². The largest absolute Gasteiger partial charge is 0.351 e. The van der Waals surface area contributed by atoms with Gasteiger partial charge in [-0.05, 0) is 22.9 Å². The number of sulfonamides is 1. The van der Waals surface area contributed by atoms with Crippen LogP contribution in [0, 0.1) is 0 Å². The number of hydrogen-bond acceptors (Lipinski definition) is 3. The first-order valence-electron chi connectivity index (χ1n) is 5.45. The molecule has 0 aliphatic carbocycles. The van der Waals surface area contributed by atoms with Gasteiger partial charge >= 0.3 is 6.03 Å². The Bertz CT molecular complexity index is 728. The van der Waals surface area contributed by atoms with Crippen LogP contribution in [0.1, 0.15) is 0 Å². The van der Waals surface area contributed by atoms with Crippen molar-refractivity contribution in [3.05, 3.63) is 42.5 Å². The number of nitrogens with two attached hydrogens (primary N) is 1. The van der Waals surface area contributed by atoms with Crippen LogP contribution in [0.4, 0.5) is 4.79 Å². The summed E-state index contributed by atoms with van der Waals surface area (Å²) in [5.74, 6) is 0. The van der Waals surface area contributed by atoms with E-state index in [9.17, 15) is 13.2 Å². The van der Waals surface area contributed by atoms with E-state index in [1.54, 1.807) is 12.1 Å². The van der Waals surface area contributed by atoms with Crippen molar-refractivity contribution in [2.24, 2.45) is 5.73 Å². The molecule has 0 saturated carbocycles. The summed E-state index contributed by atoms with van der Waals surface area (Å²) in [5, 5.41) is 1.74. The maximum Gasteiger partial charge on any atom is 0.327 e. The van der Waals surface area contributed by atoms with Crippen molar-refractivity contribution >= 4 is 26.8 Å². The van der Waals surface area contributed by atoms with Crippen LogP contribution in [-0.2, 0) is 10.0 Å². The minimum absolute atomic E-state index is 0.0856. The average Bonchev–Trinajstić information content (AvgIpc) is 2.37. The van der Waals surface area contributed by atoms with E-state index in [0.717, 1.165) is 10.8 Å². The molecule has 0 bridgehead atoms. The second-order valence-corrected chi connectivity index (χ2v) is 5.93. The molecule has 0 atom stereocenters. The molecule has 0 radical (unpaired) electrons. The van der Waals surface area contributed by atoms with Crippen molar-refractivity contribution in [3.63, 3.8) is 0 Å². The van der Waals surface area contributed by atoms with Gasteiger partial charge in [-0.1, -0.05) is 30.3 Å². The number of nitrogens with zero attached hydrogens (tertiary/aromatic N) is 1. The van der Waals surface area contributed by atoms with Crippen LogP contribution >= 0.6 is 0 Å². The molecule has 6 nitrogen and oxygen atoms in total. The van der Waals surface area contributed by atoms with E-state index in [4.69, 9.17) is 5.73 Å². The van der Waals surface area contributed by atoms with Crippen LogP contribution in [0.25, 0.3) is 10.8 Å². The van der Waals surface area contributed by atoms with Gasteiger partial charge in [-0.2, -0.15) is 0 Å². The topological polar surface area (TPSA) is 92.5 Å². The highest BCUT2D eigenvalue weighted by atomic mass is 32.2. The minimum atomic E-state index is -3.80. The molecule has 0 aromatic heterocycles. The van der Waals surface area contributed by atoms with E-state index < -0.39 is 16.1 Å². The number of urea groups is 1. The molecule has 2 amide bonds. The fraction of sp³-hybridized carbons (Fsp3) is 0.0833. The van der Waals surface area contributed by atoms with Crippen LogP contribution < -0.4 is 11.2 Å². The first-order valence-corrected chi connectivity index (χ1v) is 6.89. The second-order valence-electron chi connectivity index (χ2n) is 3.96. The summed E-state index contributed by atoms with van der Waals surface area (Å²) >= 11 is 0. The van der Waals surface area contributed by atoms with Gasteiger partial charge in [0.15, 0.2) is 0 Å². The third-order valence-corrected chi connectivity index (χ3v) is 4.31. The van der Waals surface area contributed by atoms with Gasteiger partial charge in [0.1, 0.15) is 0 Å². The molecule has 2 aromatic carbocycles. The molecule has 100 valence electrons. The van der Waals surface area contributed by atoms with Crippen molar-refractivity contribution in [1.82, 2.24) is 9.84 Å². The molecular weight excluding hydrogens is 266 g/mol. The Morgan fingerprint density at radius 2 is 1.79 bits per heavy atom. The lowest BCUT2D eigenvalue weighted by molar-refractivity contribution is 0.234. The van der Waals surface area contributed by atoms with Crippen LogP contribution in [0.3, 0.4) is 0 Å². The van der Waals surface area contributed by atoms with Gasteiger partial charge in [0.2, 0.25) is 0 Å². The van der Waals surface area contributed by atoms with Crippen molar-refractivity contribution in [2.75, 3.05) is 7.05 Å². The smallest absolute Gasteiger partial charge is 0.327 e. The zero-order chi connectivity index (χ0) is 14.0. The van der Waals surface area contributed by atoms with Crippen LogP contribution in [-0.4, -0.2) is 25.9 Å². The normalized spacial score (nSPS) is 11.7. The predicted molar refractivity (Wildman–Crippen MR) is 71.6 cm³/mol. The summed E-state index contributed by atoms with van der Waals surface area (Å²) in [6.07, 6.45) is 0. The lowest BCUT2D eigenvalue weighted by Gasteiger charge is -2.17. The van der Waals surface area contributed by atoms with Gasteiger partial charge in [-0.3, -0.25) is 5.43 Å². The number of nitrogens with one attached hydrogen (secondary N) is 1. The van der Waals surface area contributed by atoms with Crippen molar-refractivity contribution in [2.45, 2.75) is 4.90 Å². The lowest BCUT2D eigenvalue weighted by Crippen LogP contribution is -2.45. The standard InChI is InChI=1S/C12H13N3O3S/c1-15(14-12(13)16)19(17,18)11-7-6-9-4-2-3-5-10(9)8-11/h2-8H,1H3,(H3,13,14,16). The SMILES string of the molecule is CN(NC(N)=O)S(=O)(=O)c1ccc2ccccc2c1. The molecule has 0 aliphatic rings. The number of hydrazine groups is 1. The quantitative estimate of drug-likeness (QED) is 0.822. The van der Waals surface area contributed by atoms with Crippen LogP contribution in [0.5, 0.6) is 0 Å². The number of carbonyl (C=O) groups is 1. The third-order valence-electron chi connectivity index (χ3n) is 2.65. The molecule has 0 saturated heterocycles. The number of amides is 2. The number of carbonyl (C=O) groups excluding carboxylic acids is 1. The minimum Gasteiger partial charge on any atom is -0.351 e. The maximum atomic E-state index is 12.2. The Kier molecular flexibility index (Phi) is 3.41. The Morgan fingerprint density at radius 3 is 2.42 bits per heavy atom. The highest BCUT2D eigenvalue weighted by Gasteiger charge is 2.21. The zero-order valence-electron chi connectivity index (χ0n) is 10.2. The number of rotatable bonds is 3. The Labute approximate surface area is 110 Å². The molecule has 7 heteroatoms. The lowest BCUT2D eigenvalue weighted by atomic mass is 10.1. The number of hydrogen-bond donors (Lipinski definition) is 2. The Morgan fingerprint density at radius 1 is 1.16 bits per heavy atom. The fourth-order valence-electron chi connectivity index (χ4n) is 1.70. The first-order chi connectivity index (χ1) is 8.91. The van der Waals surface area contributed by atoms with E-state index in [-0.39, 0.29) is 4.90 Å². The molecule has 2 rings (SSSR count). The van der Waals surface area contributed by atoms with E-state index >= 15 is 0 Å². The average molecular weight is 279 g/mol. The van der Waals surface area contributed by atoms with E-state index in [0.29, 0.717) is 4.41 Å². The Balaban J connectivity index is 2.45. The van der Waals surface area contributed by atoms with Crippen molar-refractivity contribution in [3.8, 4) is 0 Å². The van der Waals surface area contributed by atoms with Gasteiger partial charge in [-0.15, -0.1) is 4.41 Å². The predicted octanol–water partition coefficient (Wildman–Crippen LogP) is 1.04. The van der Waals surface area contributed by atoms with Crippen LogP contribution in [0.15, 0.2) is 47.4 Å². The molecule has 0 aliphatic heterocycles. The van der Waals surface area contributed by atoms with E-state index in [2.05, 4.69) is 0 Å². The molecule has 3 N–H and O–H groups in total. The number of benzene rings is 2. The van der Waals surface area contributed by atoms with Gasteiger partial charge < -0.3 is 5.73 Å². The molecule has 0 spiro atoms. The molecular formula is C12H13N3O3S. The summed E-state index contributed by atoms with van der Waals surface area (Å²) < 4.78 is 25.0. The first kappa shape index (κ1) is 13.3. The third kappa shape index (κ3) is 2.67. The van der Waals surface area contributed by atoms with Gasteiger partial charge in [0.05, 0.1) is 4.90 Å². The fourth-order valence-corrected chi connectivity index (χ4v) is 2.74. The molecule has 0 unspecified atom stereocenters. The molecule has 2 aromatic rings. The Hall–Kier alpha value is -2.12. The van der Waals surface area contributed by atoms with Gasteiger partial charge in [0.25, 0.3) is 10.0 Å². The molecule has 0 heterocycles. The van der Waals surface area contributed by atoms with Crippen molar-refractivity contribution < 1.29 is 13.2 Å². The summed E-state index contributed by atoms with van der Waals surface area (Å²) in [6, 6.07) is 11.2. The summed E-state index contributed by atoms with van der Waals surface area (Å²) in [5.41, 5.74) is 6.92. The monoisotopic (exact) mass is 279 g/mol. The maximum absolute atomic E-state index is 12.2. The molecule has 0 fully saturated rings. The highest BCUT2D eigenvalue weighted by Crippen LogP contribution is 2.20. The summed E-state index contributed by atoms with van der Waals surface area (Å²) in [6.45, 7) is 0. The van der Waals surface area contributed by atoms with Gasteiger partial charge in [-0.25, -0.2) is 13.2 Å².